The van der Waals surface area contributed by atoms with Gasteiger partial charge >= 0.3 is 11.9 Å². The first-order valence-corrected chi connectivity index (χ1v) is 7.86. The second kappa shape index (κ2) is 9.83. The van der Waals surface area contributed by atoms with Crippen LogP contribution in [0.15, 0.2) is 47.5 Å². The summed E-state index contributed by atoms with van der Waals surface area (Å²) >= 11 is 0. The van der Waals surface area contributed by atoms with E-state index in [1.165, 1.54) is 30.3 Å². The van der Waals surface area contributed by atoms with Crippen LogP contribution in [0.5, 0.6) is 11.5 Å². The molecule has 0 aliphatic heterocycles. The zero-order valence-electron chi connectivity index (χ0n) is 14.5. The topological polar surface area (TPSA) is 127 Å². The van der Waals surface area contributed by atoms with Crippen LogP contribution in [0.1, 0.15) is 36.2 Å². The number of carboxylic acid groups (broad SMARTS) is 2. The third kappa shape index (κ3) is 6.64. The number of benzene rings is 2. The molecule has 0 unspecified atom stereocenters. The van der Waals surface area contributed by atoms with Crippen LogP contribution in [0.25, 0.3) is 0 Å². The van der Waals surface area contributed by atoms with Crippen LogP contribution in [-0.4, -0.2) is 38.6 Å². The number of phenols is 2. The van der Waals surface area contributed by atoms with E-state index in [2.05, 4.69) is 4.99 Å². The van der Waals surface area contributed by atoms with Crippen LogP contribution in [-0.2, 0) is 4.79 Å². The fraction of sp³-hybridized carbons (Fsp3) is 0.211. The SMILES string of the molecule is CC[C@H](C)C(=O)O.O=C(O)c1ccc(N=Cc2ccc(O)cc2)cc1O. The van der Waals surface area contributed by atoms with Gasteiger partial charge < -0.3 is 20.4 Å². The van der Waals surface area contributed by atoms with E-state index < -0.39 is 11.9 Å². The van der Waals surface area contributed by atoms with Gasteiger partial charge in [-0.2, -0.15) is 0 Å². The number of rotatable bonds is 5. The molecular weight excluding hydrogens is 338 g/mol. The van der Waals surface area contributed by atoms with E-state index in [1.54, 1.807) is 25.3 Å². The zero-order valence-corrected chi connectivity index (χ0v) is 14.5. The predicted molar refractivity (Wildman–Crippen MR) is 97.5 cm³/mol. The third-order valence-electron chi connectivity index (χ3n) is 3.50. The number of phenolic OH excluding ortho intramolecular Hbond substituents is 1. The lowest BCUT2D eigenvalue weighted by Crippen LogP contribution is -2.06. The molecule has 0 saturated carbocycles. The molecule has 0 radical (unpaired) electrons. The van der Waals surface area contributed by atoms with Crippen LogP contribution >= 0.6 is 0 Å². The Labute approximate surface area is 150 Å². The van der Waals surface area contributed by atoms with Crippen molar-refractivity contribution < 1.29 is 30.0 Å². The molecule has 0 aromatic heterocycles. The second-order valence-corrected chi connectivity index (χ2v) is 5.50. The summed E-state index contributed by atoms with van der Waals surface area (Å²) in [6.07, 6.45) is 2.27. The van der Waals surface area contributed by atoms with Crippen molar-refractivity contribution in [3.05, 3.63) is 53.6 Å². The van der Waals surface area contributed by atoms with Crippen molar-refractivity contribution in [1.29, 1.82) is 0 Å². The molecule has 0 spiro atoms. The van der Waals surface area contributed by atoms with Gasteiger partial charge in [0.25, 0.3) is 0 Å². The van der Waals surface area contributed by atoms with E-state index in [0.717, 1.165) is 12.0 Å². The van der Waals surface area contributed by atoms with Crippen LogP contribution in [0, 0.1) is 5.92 Å². The molecule has 2 aromatic carbocycles. The highest BCUT2D eigenvalue weighted by Gasteiger charge is 2.08. The highest BCUT2D eigenvalue weighted by molar-refractivity contribution is 5.91. The molecule has 7 nitrogen and oxygen atoms in total. The van der Waals surface area contributed by atoms with E-state index in [4.69, 9.17) is 15.3 Å². The first-order valence-electron chi connectivity index (χ1n) is 7.86. The molecule has 0 fully saturated rings. The Balaban J connectivity index is 0.000000412. The van der Waals surface area contributed by atoms with Crippen molar-refractivity contribution >= 4 is 23.8 Å². The number of aromatic carboxylic acids is 1. The van der Waals surface area contributed by atoms with Crippen LogP contribution < -0.4 is 0 Å². The molecule has 0 heterocycles. The smallest absolute Gasteiger partial charge is 0.339 e. The number of aromatic hydroxyl groups is 2. The molecule has 26 heavy (non-hydrogen) atoms. The van der Waals surface area contributed by atoms with Gasteiger partial charge in [0, 0.05) is 12.3 Å². The first kappa shape index (κ1) is 20.7. The summed E-state index contributed by atoms with van der Waals surface area (Å²) in [6.45, 7) is 3.56. The molecule has 0 bridgehead atoms. The molecule has 2 rings (SSSR count). The monoisotopic (exact) mass is 359 g/mol. The number of hydrogen-bond acceptors (Lipinski definition) is 5. The molecular formula is C19H21NO6. The highest BCUT2D eigenvalue weighted by Crippen LogP contribution is 2.23. The maximum atomic E-state index is 10.7. The van der Waals surface area contributed by atoms with Crippen molar-refractivity contribution in [2.75, 3.05) is 0 Å². The van der Waals surface area contributed by atoms with Gasteiger partial charge in [0.15, 0.2) is 0 Å². The summed E-state index contributed by atoms with van der Waals surface area (Å²) in [6, 6.07) is 10.5. The molecule has 2 aromatic rings. The Bertz CT molecular complexity index is 783. The van der Waals surface area contributed by atoms with E-state index in [-0.39, 0.29) is 23.0 Å². The Kier molecular flexibility index (Phi) is 7.82. The van der Waals surface area contributed by atoms with Gasteiger partial charge in [-0.15, -0.1) is 0 Å². The fourth-order valence-electron chi connectivity index (χ4n) is 1.67. The largest absolute Gasteiger partial charge is 0.508 e. The van der Waals surface area contributed by atoms with E-state index in [9.17, 15) is 14.7 Å². The van der Waals surface area contributed by atoms with E-state index in [0.29, 0.717) is 5.69 Å². The average molecular weight is 359 g/mol. The van der Waals surface area contributed by atoms with Crippen molar-refractivity contribution in [3.8, 4) is 11.5 Å². The van der Waals surface area contributed by atoms with Crippen LogP contribution in [0.4, 0.5) is 5.69 Å². The lowest BCUT2D eigenvalue weighted by Gasteiger charge is -2.00. The maximum absolute atomic E-state index is 10.7. The first-order chi connectivity index (χ1) is 12.2. The van der Waals surface area contributed by atoms with Crippen LogP contribution in [0.3, 0.4) is 0 Å². The van der Waals surface area contributed by atoms with Gasteiger partial charge in [0.2, 0.25) is 0 Å². The van der Waals surface area contributed by atoms with Gasteiger partial charge in [-0.1, -0.05) is 13.8 Å². The second-order valence-electron chi connectivity index (χ2n) is 5.50. The van der Waals surface area contributed by atoms with Crippen molar-refractivity contribution in [2.24, 2.45) is 10.9 Å². The predicted octanol–water partition coefficient (Wildman–Crippen LogP) is 3.66. The summed E-state index contributed by atoms with van der Waals surface area (Å²) in [4.78, 5) is 24.8. The average Bonchev–Trinajstić information content (AvgIpc) is 2.60. The molecule has 7 heteroatoms. The van der Waals surface area contributed by atoms with Gasteiger partial charge in [-0.3, -0.25) is 9.79 Å². The molecule has 4 N–H and O–H groups in total. The van der Waals surface area contributed by atoms with Gasteiger partial charge in [-0.05, 0) is 48.4 Å². The number of carboxylic acids is 2. The molecule has 0 amide bonds. The standard InChI is InChI=1S/C14H11NO4.C5H10O2/c16-11-4-1-9(2-5-11)8-15-10-3-6-12(14(18)19)13(17)7-10;1-3-4(2)5(6)7/h1-8,16-17H,(H,18,19);4H,3H2,1-2H3,(H,6,7)/t;4-/m.0/s1. The minimum absolute atomic E-state index is 0.163. The number of carbonyl (C=O) groups is 2. The van der Waals surface area contributed by atoms with Crippen molar-refractivity contribution in [1.82, 2.24) is 0 Å². The summed E-state index contributed by atoms with van der Waals surface area (Å²) in [7, 11) is 0. The zero-order chi connectivity index (χ0) is 19.7. The van der Waals surface area contributed by atoms with Gasteiger partial charge in [0.05, 0.1) is 11.6 Å². The van der Waals surface area contributed by atoms with Crippen LogP contribution in [0.2, 0.25) is 0 Å². The Hall–Kier alpha value is -3.35. The van der Waals surface area contributed by atoms with Crippen molar-refractivity contribution in [3.63, 3.8) is 0 Å². The Morgan fingerprint density at radius 3 is 2.12 bits per heavy atom. The number of aliphatic imine (C=N–C) groups is 1. The number of hydrogen-bond donors (Lipinski definition) is 4. The lowest BCUT2D eigenvalue weighted by atomic mass is 10.1. The lowest BCUT2D eigenvalue weighted by molar-refractivity contribution is -0.141. The summed E-state index contributed by atoms with van der Waals surface area (Å²) in [5, 5.41) is 35.6. The molecule has 1 atom stereocenters. The Morgan fingerprint density at radius 1 is 1.08 bits per heavy atom. The summed E-state index contributed by atoms with van der Waals surface area (Å²) in [5.74, 6) is -2.23. The molecule has 0 aliphatic rings. The van der Waals surface area contributed by atoms with E-state index in [1.807, 2.05) is 6.92 Å². The van der Waals surface area contributed by atoms with Crippen molar-refractivity contribution in [2.45, 2.75) is 20.3 Å². The molecule has 0 aliphatic carbocycles. The Morgan fingerprint density at radius 2 is 1.69 bits per heavy atom. The molecule has 0 saturated heterocycles. The highest BCUT2D eigenvalue weighted by atomic mass is 16.4. The maximum Gasteiger partial charge on any atom is 0.339 e. The quantitative estimate of drug-likeness (QED) is 0.603. The van der Waals surface area contributed by atoms with E-state index >= 15 is 0 Å². The normalized spacial score (nSPS) is 11.5. The number of nitrogens with zero attached hydrogens (tertiary/aromatic N) is 1. The molecule has 138 valence electrons. The number of aliphatic carboxylic acids is 1. The van der Waals surface area contributed by atoms with Gasteiger partial charge in [0.1, 0.15) is 17.1 Å². The summed E-state index contributed by atoms with van der Waals surface area (Å²) < 4.78 is 0. The minimum atomic E-state index is -1.19. The summed E-state index contributed by atoms with van der Waals surface area (Å²) in [5.41, 5.74) is 1.05. The van der Waals surface area contributed by atoms with Gasteiger partial charge in [-0.25, -0.2) is 4.79 Å². The minimum Gasteiger partial charge on any atom is -0.508 e. The fourth-order valence-corrected chi connectivity index (χ4v) is 1.67. The third-order valence-corrected chi connectivity index (χ3v) is 3.50.